The summed E-state index contributed by atoms with van der Waals surface area (Å²) < 4.78 is 0. The van der Waals surface area contributed by atoms with E-state index in [2.05, 4.69) is 6.58 Å². The van der Waals surface area contributed by atoms with Crippen molar-refractivity contribution >= 4 is 6.08 Å². The van der Waals surface area contributed by atoms with Gasteiger partial charge in [0.15, 0.2) is 6.29 Å². The molecule has 0 atom stereocenters. The van der Waals surface area contributed by atoms with Crippen LogP contribution in [-0.2, 0) is 0 Å². The largest absolute Gasteiger partial charge is 0.364 e. The molecule has 1 aromatic rings. The summed E-state index contributed by atoms with van der Waals surface area (Å²) in [5.74, 6) is 0. The smallest absolute Gasteiger partial charge is 0.179 e. The SMILES string of the molecule is C=Cc1ccccc1C(O)O. The molecule has 0 saturated heterocycles. The highest BCUT2D eigenvalue weighted by atomic mass is 16.5. The number of aliphatic hydroxyl groups excluding tert-OH is 1. The molecule has 2 nitrogen and oxygen atoms in total. The molecule has 2 N–H and O–H groups in total. The van der Waals surface area contributed by atoms with Gasteiger partial charge in [0.05, 0.1) is 0 Å². The summed E-state index contributed by atoms with van der Waals surface area (Å²) in [6.07, 6.45) is 0.179. The molecule has 0 aromatic heterocycles. The molecule has 0 fully saturated rings. The van der Waals surface area contributed by atoms with Gasteiger partial charge in [0.2, 0.25) is 0 Å². The molecule has 0 aliphatic heterocycles. The average Bonchev–Trinajstić information content (AvgIpc) is 2.04. The van der Waals surface area contributed by atoms with Crippen molar-refractivity contribution in [2.45, 2.75) is 6.29 Å². The van der Waals surface area contributed by atoms with Gasteiger partial charge in [-0.05, 0) is 5.56 Å². The quantitative estimate of drug-likeness (QED) is 0.624. The van der Waals surface area contributed by atoms with Gasteiger partial charge in [-0.1, -0.05) is 36.9 Å². The molecule has 0 heterocycles. The van der Waals surface area contributed by atoms with Crippen molar-refractivity contribution in [2.75, 3.05) is 0 Å². The van der Waals surface area contributed by atoms with Crippen LogP contribution in [0.2, 0.25) is 0 Å². The van der Waals surface area contributed by atoms with Crippen LogP contribution in [0.3, 0.4) is 0 Å². The van der Waals surface area contributed by atoms with Crippen LogP contribution >= 0.6 is 0 Å². The van der Waals surface area contributed by atoms with Crippen LogP contribution in [-0.4, -0.2) is 10.2 Å². The summed E-state index contributed by atoms with van der Waals surface area (Å²) in [6.45, 7) is 3.55. The van der Waals surface area contributed by atoms with Crippen molar-refractivity contribution in [3.8, 4) is 0 Å². The molecule has 0 spiro atoms. The first-order valence-electron chi connectivity index (χ1n) is 3.33. The Labute approximate surface area is 65.4 Å². The third-order valence-electron chi connectivity index (χ3n) is 1.49. The Morgan fingerprint density at radius 1 is 1.27 bits per heavy atom. The maximum Gasteiger partial charge on any atom is 0.179 e. The van der Waals surface area contributed by atoms with E-state index in [0.29, 0.717) is 5.56 Å². The lowest BCUT2D eigenvalue weighted by Gasteiger charge is -2.06. The van der Waals surface area contributed by atoms with Crippen LogP contribution in [0.5, 0.6) is 0 Å². The van der Waals surface area contributed by atoms with Crippen molar-refractivity contribution in [3.63, 3.8) is 0 Å². The van der Waals surface area contributed by atoms with E-state index >= 15 is 0 Å². The van der Waals surface area contributed by atoms with Crippen molar-refractivity contribution in [1.29, 1.82) is 0 Å². The maximum absolute atomic E-state index is 8.84. The molecule has 58 valence electrons. The predicted molar refractivity (Wildman–Crippen MR) is 43.7 cm³/mol. The van der Waals surface area contributed by atoms with Gasteiger partial charge in [-0.3, -0.25) is 0 Å². The van der Waals surface area contributed by atoms with Crippen LogP contribution in [0.15, 0.2) is 30.8 Å². The minimum atomic E-state index is -1.41. The number of benzene rings is 1. The van der Waals surface area contributed by atoms with Crippen LogP contribution < -0.4 is 0 Å². The first-order chi connectivity index (χ1) is 5.25. The summed E-state index contributed by atoms with van der Waals surface area (Å²) in [7, 11) is 0. The number of hydrogen-bond donors (Lipinski definition) is 2. The normalized spacial score (nSPS) is 10.1. The van der Waals surface area contributed by atoms with E-state index < -0.39 is 6.29 Å². The zero-order chi connectivity index (χ0) is 8.27. The Morgan fingerprint density at radius 3 is 2.36 bits per heavy atom. The van der Waals surface area contributed by atoms with E-state index in [1.807, 2.05) is 6.07 Å². The van der Waals surface area contributed by atoms with Gasteiger partial charge in [0, 0.05) is 5.56 Å². The van der Waals surface area contributed by atoms with E-state index in [1.54, 1.807) is 24.3 Å². The van der Waals surface area contributed by atoms with Gasteiger partial charge >= 0.3 is 0 Å². The van der Waals surface area contributed by atoms with Crippen molar-refractivity contribution in [2.24, 2.45) is 0 Å². The van der Waals surface area contributed by atoms with Gasteiger partial charge in [0.25, 0.3) is 0 Å². The second-order valence-electron chi connectivity index (χ2n) is 2.21. The minimum Gasteiger partial charge on any atom is -0.364 e. The highest BCUT2D eigenvalue weighted by molar-refractivity contribution is 5.51. The molecule has 1 aromatic carbocycles. The van der Waals surface area contributed by atoms with Crippen LogP contribution in [0, 0.1) is 0 Å². The molecule has 0 radical (unpaired) electrons. The number of rotatable bonds is 2. The summed E-state index contributed by atoms with van der Waals surface area (Å²) in [5, 5.41) is 17.7. The molecule has 0 aliphatic rings. The third-order valence-corrected chi connectivity index (χ3v) is 1.49. The van der Waals surface area contributed by atoms with E-state index in [4.69, 9.17) is 10.2 Å². The Hall–Kier alpha value is -1.12. The zero-order valence-electron chi connectivity index (χ0n) is 6.07. The summed E-state index contributed by atoms with van der Waals surface area (Å²) in [6, 6.07) is 7.01. The van der Waals surface area contributed by atoms with Crippen molar-refractivity contribution in [3.05, 3.63) is 42.0 Å². The lowest BCUT2D eigenvalue weighted by Crippen LogP contribution is -1.96. The van der Waals surface area contributed by atoms with Gasteiger partial charge in [0.1, 0.15) is 0 Å². The highest BCUT2D eigenvalue weighted by Crippen LogP contribution is 2.15. The Balaban J connectivity index is 3.12. The number of aliphatic hydroxyl groups is 2. The molecule has 11 heavy (non-hydrogen) atoms. The molecule has 0 amide bonds. The van der Waals surface area contributed by atoms with Crippen molar-refractivity contribution < 1.29 is 10.2 Å². The van der Waals surface area contributed by atoms with Crippen molar-refractivity contribution in [1.82, 2.24) is 0 Å². The van der Waals surface area contributed by atoms with Crippen LogP contribution in [0.1, 0.15) is 17.4 Å². The third kappa shape index (κ3) is 1.67. The molecule has 0 saturated carbocycles. The van der Waals surface area contributed by atoms with E-state index in [9.17, 15) is 0 Å². The topological polar surface area (TPSA) is 40.5 Å². The van der Waals surface area contributed by atoms with Crippen LogP contribution in [0.4, 0.5) is 0 Å². The van der Waals surface area contributed by atoms with Gasteiger partial charge in [-0.2, -0.15) is 0 Å². The monoisotopic (exact) mass is 150 g/mol. The van der Waals surface area contributed by atoms with Gasteiger partial charge in [-0.25, -0.2) is 0 Å². The molecule has 0 aliphatic carbocycles. The predicted octanol–water partition coefficient (Wildman–Crippen LogP) is 1.31. The van der Waals surface area contributed by atoms with Gasteiger partial charge in [-0.15, -0.1) is 0 Å². The Bertz CT molecular complexity index is 253. The summed E-state index contributed by atoms with van der Waals surface area (Å²) in [5.41, 5.74) is 1.24. The lowest BCUT2D eigenvalue weighted by molar-refractivity contribution is -0.0426. The fourth-order valence-corrected chi connectivity index (χ4v) is 0.932. The Morgan fingerprint density at radius 2 is 1.91 bits per heavy atom. The molecular formula is C9H10O2. The highest BCUT2D eigenvalue weighted by Gasteiger charge is 2.04. The Kier molecular flexibility index (Phi) is 2.41. The fraction of sp³-hybridized carbons (Fsp3) is 0.111. The second kappa shape index (κ2) is 3.32. The van der Waals surface area contributed by atoms with E-state index in [-0.39, 0.29) is 0 Å². The summed E-state index contributed by atoms with van der Waals surface area (Å²) >= 11 is 0. The molecule has 0 unspecified atom stereocenters. The molecular weight excluding hydrogens is 140 g/mol. The number of hydrogen-bond acceptors (Lipinski definition) is 2. The minimum absolute atomic E-state index is 0.488. The van der Waals surface area contributed by atoms with Gasteiger partial charge < -0.3 is 10.2 Å². The molecule has 2 heteroatoms. The second-order valence-corrected chi connectivity index (χ2v) is 2.21. The maximum atomic E-state index is 8.84. The average molecular weight is 150 g/mol. The molecule has 1 rings (SSSR count). The standard InChI is InChI=1S/C9H10O2/c1-2-7-5-3-4-6-8(7)9(10)11/h2-6,9-11H,1H2. The van der Waals surface area contributed by atoms with Crippen LogP contribution in [0.25, 0.3) is 6.08 Å². The summed E-state index contributed by atoms with van der Waals surface area (Å²) in [4.78, 5) is 0. The first-order valence-corrected chi connectivity index (χ1v) is 3.33. The first kappa shape index (κ1) is 7.98. The fourth-order valence-electron chi connectivity index (χ4n) is 0.932. The lowest BCUT2D eigenvalue weighted by atomic mass is 10.1. The van der Waals surface area contributed by atoms with E-state index in [1.165, 1.54) is 0 Å². The molecule has 0 bridgehead atoms. The van der Waals surface area contributed by atoms with E-state index in [0.717, 1.165) is 5.56 Å². The zero-order valence-corrected chi connectivity index (χ0v) is 6.07.